The summed E-state index contributed by atoms with van der Waals surface area (Å²) in [6.45, 7) is 3.14. The summed E-state index contributed by atoms with van der Waals surface area (Å²) < 4.78 is 0. The van der Waals surface area contributed by atoms with Gasteiger partial charge in [0.05, 0.1) is 10.7 Å². The van der Waals surface area contributed by atoms with Gasteiger partial charge in [0.1, 0.15) is 0 Å². The molecule has 2 nitrogen and oxygen atoms in total. The average Bonchev–Trinajstić information content (AvgIpc) is 3.08. The maximum atomic E-state index is 4.55. The molecule has 0 bridgehead atoms. The molecule has 1 aliphatic heterocycles. The highest BCUT2D eigenvalue weighted by atomic mass is 32.2. The molecule has 0 aliphatic carbocycles. The molecule has 0 radical (unpaired) electrons. The number of anilines is 1. The summed E-state index contributed by atoms with van der Waals surface area (Å²) in [4.78, 5) is 4.55. The molecule has 4 heteroatoms. The quantitative estimate of drug-likeness (QED) is 0.909. The van der Waals surface area contributed by atoms with E-state index >= 15 is 0 Å². The maximum absolute atomic E-state index is 4.55. The summed E-state index contributed by atoms with van der Waals surface area (Å²) >= 11 is 3.78. The standard InChI is InChI=1S/C15H18N2S2/c1-11-17-15(10-19-11)13-3-2-4-14(7-13)16-8-12-5-6-18-9-12/h2-4,7,10,12,16H,5-6,8-9H2,1H3. The summed E-state index contributed by atoms with van der Waals surface area (Å²) in [5.74, 6) is 3.46. The van der Waals surface area contributed by atoms with Gasteiger partial charge in [0, 0.05) is 23.2 Å². The smallest absolute Gasteiger partial charge is 0.0901 e. The third-order valence-electron chi connectivity index (χ3n) is 3.40. The number of nitrogens with zero attached hydrogens (tertiary/aromatic N) is 1. The van der Waals surface area contributed by atoms with Crippen LogP contribution < -0.4 is 5.32 Å². The van der Waals surface area contributed by atoms with Crippen LogP contribution in [0.5, 0.6) is 0 Å². The highest BCUT2D eigenvalue weighted by Crippen LogP contribution is 2.26. The molecule has 100 valence electrons. The highest BCUT2D eigenvalue weighted by molar-refractivity contribution is 7.99. The van der Waals surface area contributed by atoms with E-state index in [1.165, 1.54) is 29.2 Å². The molecule has 1 unspecified atom stereocenters. The number of aromatic nitrogens is 1. The van der Waals surface area contributed by atoms with Crippen molar-refractivity contribution in [2.24, 2.45) is 5.92 Å². The predicted molar refractivity (Wildman–Crippen MR) is 86.2 cm³/mol. The number of aryl methyl sites for hydroxylation is 1. The van der Waals surface area contributed by atoms with Gasteiger partial charge in [-0.3, -0.25) is 0 Å². The molecule has 1 fully saturated rings. The van der Waals surface area contributed by atoms with Gasteiger partial charge in [-0.2, -0.15) is 11.8 Å². The second-order valence-corrected chi connectivity index (χ2v) is 7.16. The van der Waals surface area contributed by atoms with Gasteiger partial charge < -0.3 is 5.32 Å². The molecule has 2 aromatic rings. The fourth-order valence-corrected chi connectivity index (χ4v) is 4.20. The Morgan fingerprint density at radius 2 is 2.37 bits per heavy atom. The van der Waals surface area contributed by atoms with Crippen LogP contribution in [0.25, 0.3) is 11.3 Å². The van der Waals surface area contributed by atoms with Crippen molar-refractivity contribution in [1.82, 2.24) is 4.98 Å². The number of nitrogens with one attached hydrogen (secondary N) is 1. The Labute approximate surface area is 122 Å². The minimum Gasteiger partial charge on any atom is -0.385 e. The fourth-order valence-electron chi connectivity index (χ4n) is 2.29. The number of rotatable bonds is 4. The van der Waals surface area contributed by atoms with Crippen LogP contribution in [0.4, 0.5) is 5.69 Å². The third-order valence-corrected chi connectivity index (χ3v) is 5.40. The Morgan fingerprint density at radius 1 is 1.42 bits per heavy atom. The minimum absolute atomic E-state index is 0.829. The molecule has 0 spiro atoms. The van der Waals surface area contributed by atoms with Crippen molar-refractivity contribution in [1.29, 1.82) is 0 Å². The molecular weight excluding hydrogens is 272 g/mol. The first-order valence-electron chi connectivity index (χ1n) is 6.65. The predicted octanol–water partition coefficient (Wildman–Crippen LogP) is 4.28. The van der Waals surface area contributed by atoms with Gasteiger partial charge in [0.15, 0.2) is 0 Å². The van der Waals surface area contributed by atoms with Crippen LogP contribution in [-0.2, 0) is 0 Å². The van der Waals surface area contributed by atoms with Crippen molar-refractivity contribution in [2.75, 3.05) is 23.4 Å². The zero-order chi connectivity index (χ0) is 13.1. The summed E-state index contributed by atoms with van der Waals surface area (Å²) in [5.41, 5.74) is 3.50. The molecule has 19 heavy (non-hydrogen) atoms. The summed E-state index contributed by atoms with van der Waals surface area (Å²) in [5, 5.41) is 6.81. The van der Waals surface area contributed by atoms with Crippen LogP contribution in [0.3, 0.4) is 0 Å². The Kier molecular flexibility index (Phi) is 4.09. The Hall–Kier alpha value is -1.00. The Morgan fingerprint density at radius 3 is 3.11 bits per heavy atom. The van der Waals surface area contributed by atoms with Crippen molar-refractivity contribution >= 4 is 28.8 Å². The number of hydrogen-bond donors (Lipinski definition) is 1. The monoisotopic (exact) mass is 290 g/mol. The van der Waals surface area contributed by atoms with Crippen molar-refractivity contribution in [2.45, 2.75) is 13.3 Å². The third kappa shape index (κ3) is 3.31. The van der Waals surface area contributed by atoms with Gasteiger partial charge in [0.2, 0.25) is 0 Å². The number of benzene rings is 1. The van der Waals surface area contributed by atoms with Crippen LogP contribution >= 0.6 is 23.1 Å². The average molecular weight is 290 g/mol. The molecule has 1 atom stereocenters. The van der Waals surface area contributed by atoms with Gasteiger partial charge in [-0.05, 0) is 42.9 Å². The van der Waals surface area contributed by atoms with E-state index in [4.69, 9.17) is 0 Å². The van der Waals surface area contributed by atoms with Crippen LogP contribution in [-0.4, -0.2) is 23.0 Å². The Balaban J connectivity index is 1.69. The van der Waals surface area contributed by atoms with Gasteiger partial charge in [-0.15, -0.1) is 11.3 Å². The van der Waals surface area contributed by atoms with E-state index in [1.807, 2.05) is 6.92 Å². The normalized spacial score (nSPS) is 18.7. The van der Waals surface area contributed by atoms with Crippen LogP contribution in [0.2, 0.25) is 0 Å². The lowest BCUT2D eigenvalue weighted by Gasteiger charge is -2.11. The van der Waals surface area contributed by atoms with Crippen molar-refractivity contribution in [3.63, 3.8) is 0 Å². The molecule has 1 saturated heterocycles. The molecular formula is C15H18N2S2. The van der Waals surface area contributed by atoms with E-state index in [0.717, 1.165) is 23.2 Å². The molecule has 2 heterocycles. The summed E-state index contributed by atoms with van der Waals surface area (Å²) in [6, 6.07) is 8.59. The Bertz CT molecular complexity index is 545. The number of hydrogen-bond acceptors (Lipinski definition) is 4. The largest absolute Gasteiger partial charge is 0.385 e. The topological polar surface area (TPSA) is 24.9 Å². The van der Waals surface area contributed by atoms with Gasteiger partial charge in [0.25, 0.3) is 0 Å². The number of thiazole rings is 1. The molecule has 1 aliphatic rings. The molecule has 1 aromatic carbocycles. The first kappa shape index (κ1) is 13.0. The van der Waals surface area contributed by atoms with E-state index in [0.29, 0.717) is 0 Å². The molecule has 1 N–H and O–H groups in total. The maximum Gasteiger partial charge on any atom is 0.0901 e. The van der Waals surface area contributed by atoms with Crippen LogP contribution in [0.15, 0.2) is 29.6 Å². The van der Waals surface area contributed by atoms with E-state index in [-0.39, 0.29) is 0 Å². The van der Waals surface area contributed by atoms with E-state index in [2.05, 4.69) is 51.7 Å². The summed E-state index contributed by atoms with van der Waals surface area (Å²) in [7, 11) is 0. The zero-order valence-electron chi connectivity index (χ0n) is 11.1. The van der Waals surface area contributed by atoms with E-state index < -0.39 is 0 Å². The molecule has 0 amide bonds. The SMILES string of the molecule is Cc1nc(-c2cccc(NCC3CCSC3)c2)cs1. The van der Waals surface area contributed by atoms with Crippen LogP contribution in [0, 0.1) is 12.8 Å². The summed E-state index contributed by atoms with van der Waals surface area (Å²) in [6.07, 6.45) is 1.35. The minimum atomic E-state index is 0.829. The number of thioether (sulfide) groups is 1. The second-order valence-electron chi connectivity index (χ2n) is 4.94. The first-order valence-corrected chi connectivity index (χ1v) is 8.69. The van der Waals surface area contributed by atoms with E-state index in [9.17, 15) is 0 Å². The zero-order valence-corrected chi connectivity index (χ0v) is 12.7. The molecule has 0 saturated carbocycles. The second kappa shape index (κ2) is 5.97. The lowest BCUT2D eigenvalue weighted by molar-refractivity contribution is 0.632. The first-order chi connectivity index (χ1) is 9.31. The van der Waals surface area contributed by atoms with Gasteiger partial charge in [-0.25, -0.2) is 4.98 Å². The fraction of sp³-hybridized carbons (Fsp3) is 0.400. The van der Waals surface area contributed by atoms with Crippen molar-refractivity contribution in [3.05, 3.63) is 34.7 Å². The van der Waals surface area contributed by atoms with Gasteiger partial charge >= 0.3 is 0 Å². The molecule has 1 aromatic heterocycles. The van der Waals surface area contributed by atoms with E-state index in [1.54, 1.807) is 11.3 Å². The van der Waals surface area contributed by atoms with Crippen LogP contribution in [0.1, 0.15) is 11.4 Å². The van der Waals surface area contributed by atoms with Gasteiger partial charge in [-0.1, -0.05) is 12.1 Å². The lowest BCUT2D eigenvalue weighted by atomic mass is 10.1. The molecule has 3 rings (SSSR count). The van der Waals surface area contributed by atoms with Crippen molar-refractivity contribution in [3.8, 4) is 11.3 Å². The lowest BCUT2D eigenvalue weighted by Crippen LogP contribution is -2.13. The highest BCUT2D eigenvalue weighted by Gasteiger charge is 2.14. The van der Waals surface area contributed by atoms with Crippen molar-refractivity contribution < 1.29 is 0 Å².